The fourth-order valence-electron chi connectivity index (χ4n) is 3.53. The van der Waals surface area contributed by atoms with E-state index in [1.54, 1.807) is 12.1 Å². The van der Waals surface area contributed by atoms with Crippen molar-refractivity contribution < 1.29 is 22.3 Å². The first kappa shape index (κ1) is 22.5. The largest absolute Gasteiger partial charge is 0.495 e. The van der Waals surface area contributed by atoms with Crippen molar-refractivity contribution in [2.75, 3.05) is 20.2 Å². The number of nitrogens with one attached hydrogen (secondary N) is 1. The number of ether oxygens (including phenoxy) is 1. The van der Waals surface area contributed by atoms with Crippen molar-refractivity contribution in [3.8, 4) is 5.75 Å². The molecule has 1 aliphatic heterocycles. The molecular formula is C21H24ClFN2O4S. The van der Waals surface area contributed by atoms with Crippen LogP contribution in [0.25, 0.3) is 0 Å². The second kappa shape index (κ2) is 9.32. The minimum atomic E-state index is -4.01. The Balaban J connectivity index is 1.73. The van der Waals surface area contributed by atoms with Gasteiger partial charge < -0.3 is 10.1 Å². The molecule has 1 heterocycles. The lowest BCUT2D eigenvalue weighted by Crippen LogP contribution is -2.45. The molecule has 2 atom stereocenters. The van der Waals surface area contributed by atoms with Gasteiger partial charge in [-0.1, -0.05) is 23.7 Å². The smallest absolute Gasteiger partial charge is 0.246 e. The highest BCUT2D eigenvalue weighted by Gasteiger charge is 2.35. The molecule has 2 aromatic rings. The molecule has 2 aromatic carbocycles. The molecule has 9 heteroatoms. The van der Waals surface area contributed by atoms with Crippen molar-refractivity contribution in [1.29, 1.82) is 0 Å². The Kier molecular flexibility index (Phi) is 7.00. The van der Waals surface area contributed by atoms with Gasteiger partial charge in [-0.15, -0.1) is 0 Å². The molecule has 162 valence electrons. The Bertz CT molecular complexity index is 1010. The van der Waals surface area contributed by atoms with E-state index in [0.29, 0.717) is 17.9 Å². The topological polar surface area (TPSA) is 75.7 Å². The van der Waals surface area contributed by atoms with Crippen LogP contribution in [0.5, 0.6) is 5.75 Å². The summed E-state index contributed by atoms with van der Waals surface area (Å²) < 4.78 is 46.2. The van der Waals surface area contributed by atoms with E-state index in [0.717, 1.165) is 17.7 Å². The van der Waals surface area contributed by atoms with Gasteiger partial charge in [0.15, 0.2) is 0 Å². The van der Waals surface area contributed by atoms with Gasteiger partial charge in [-0.3, -0.25) is 4.79 Å². The third-order valence-electron chi connectivity index (χ3n) is 5.23. The first-order valence-electron chi connectivity index (χ1n) is 9.62. The van der Waals surface area contributed by atoms with Gasteiger partial charge in [-0.05, 0) is 55.7 Å². The van der Waals surface area contributed by atoms with Gasteiger partial charge in [0.05, 0.1) is 19.1 Å². The number of methoxy groups -OCH3 is 1. The third kappa shape index (κ3) is 4.94. The molecule has 0 unspecified atom stereocenters. The van der Waals surface area contributed by atoms with Crippen LogP contribution in [0.4, 0.5) is 4.39 Å². The zero-order chi connectivity index (χ0) is 21.9. The average Bonchev–Trinajstić information content (AvgIpc) is 2.74. The number of piperidine rings is 1. The fourth-order valence-corrected chi connectivity index (χ4v) is 5.35. The molecule has 1 N–H and O–H groups in total. The molecule has 1 fully saturated rings. The summed E-state index contributed by atoms with van der Waals surface area (Å²) in [7, 11) is -2.68. The molecule has 0 spiro atoms. The van der Waals surface area contributed by atoms with Crippen LogP contribution in [-0.2, 0) is 14.8 Å². The van der Waals surface area contributed by atoms with E-state index in [4.69, 9.17) is 16.3 Å². The lowest BCUT2D eigenvalue weighted by molar-refractivity contribution is -0.126. The van der Waals surface area contributed by atoms with Crippen LogP contribution in [-0.4, -0.2) is 38.8 Å². The molecule has 1 aliphatic rings. The van der Waals surface area contributed by atoms with Crippen molar-refractivity contribution in [3.05, 3.63) is 58.9 Å². The number of halogens is 2. The van der Waals surface area contributed by atoms with Gasteiger partial charge in [0.25, 0.3) is 0 Å². The standard InChI is InChI=1S/C21H24ClFN2O4S/c1-14(15-5-7-17(22)8-6-15)24-21(26)16-4-3-11-25(13-16)30(27,28)20-12-18(23)9-10-19(20)29-2/h5-10,12,14,16H,3-4,11,13H2,1-2H3,(H,24,26)/t14-,16-/m0/s1. The summed E-state index contributed by atoms with van der Waals surface area (Å²) in [5, 5.41) is 3.55. The number of hydrogen-bond acceptors (Lipinski definition) is 4. The van der Waals surface area contributed by atoms with Crippen LogP contribution in [0, 0.1) is 11.7 Å². The van der Waals surface area contributed by atoms with Gasteiger partial charge >= 0.3 is 0 Å². The number of carbonyl (C=O) groups is 1. The summed E-state index contributed by atoms with van der Waals surface area (Å²) >= 11 is 5.90. The number of benzene rings is 2. The molecule has 0 aromatic heterocycles. The van der Waals surface area contributed by atoms with E-state index >= 15 is 0 Å². The molecule has 3 rings (SSSR count). The van der Waals surface area contributed by atoms with E-state index in [2.05, 4.69) is 5.32 Å². The minimum Gasteiger partial charge on any atom is -0.495 e. The van der Waals surface area contributed by atoms with Crippen molar-refractivity contribution >= 4 is 27.5 Å². The maximum Gasteiger partial charge on any atom is 0.246 e. The van der Waals surface area contributed by atoms with Gasteiger partial charge in [-0.2, -0.15) is 4.31 Å². The Morgan fingerprint density at radius 1 is 1.27 bits per heavy atom. The van der Waals surface area contributed by atoms with Crippen LogP contribution >= 0.6 is 11.6 Å². The highest BCUT2D eigenvalue weighted by atomic mass is 35.5. The summed E-state index contributed by atoms with van der Waals surface area (Å²) in [5.41, 5.74) is 0.900. The zero-order valence-corrected chi connectivity index (χ0v) is 18.3. The Hall–Kier alpha value is -2.16. The van der Waals surface area contributed by atoms with E-state index in [1.807, 2.05) is 19.1 Å². The first-order valence-corrected chi connectivity index (χ1v) is 11.4. The molecule has 6 nitrogen and oxygen atoms in total. The van der Waals surface area contributed by atoms with Crippen LogP contribution in [0.15, 0.2) is 47.4 Å². The molecule has 1 saturated heterocycles. The number of carbonyl (C=O) groups excluding carboxylic acids is 1. The number of rotatable bonds is 6. The Labute approximate surface area is 181 Å². The second-order valence-electron chi connectivity index (χ2n) is 7.28. The molecule has 30 heavy (non-hydrogen) atoms. The van der Waals surface area contributed by atoms with E-state index < -0.39 is 21.8 Å². The first-order chi connectivity index (χ1) is 14.2. The van der Waals surface area contributed by atoms with Crippen LogP contribution in [0.2, 0.25) is 5.02 Å². The molecule has 0 aliphatic carbocycles. The van der Waals surface area contributed by atoms with Gasteiger partial charge in [0.2, 0.25) is 15.9 Å². The van der Waals surface area contributed by atoms with E-state index in [1.165, 1.54) is 17.5 Å². The quantitative estimate of drug-likeness (QED) is 0.721. The highest BCUT2D eigenvalue weighted by Crippen LogP contribution is 2.30. The lowest BCUT2D eigenvalue weighted by atomic mass is 9.98. The number of sulfonamides is 1. The van der Waals surface area contributed by atoms with Crippen LogP contribution in [0.3, 0.4) is 0 Å². The molecular weight excluding hydrogens is 431 g/mol. The summed E-state index contributed by atoms with van der Waals surface area (Å²) in [6.07, 6.45) is 1.11. The van der Waals surface area contributed by atoms with Crippen LogP contribution < -0.4 is 10.1 Å². The molecule has 0 radical (unpaired) electrons. The fraction of sp³-hybridized carbons (Fsp3) is 0.381. The monoisotopic (exact) mass is 454 g/mol. The normalized spacial score (nSPS) is 18.6. The Morgan fingerprint density at radius 3 is 2.63 bits per heavy atom. The van der Waals surface area contributed by atoms with Crippen molar-refractivity contribution in [2.24, 2.45) is 5.92 Å². The maximum absolute atomic E-state index is 13.7. The van der Waals surface area contributed by atoms with Crippen molar-refractivity contribution in [1.82, 2.24) is 9.62 Å². The molecule has 0 saturated carbocycles. The van der Waals surface area contributed by atoms with E-state index in [9.17, 15) is 17.6 Å². The SMILES string of the molecule is COc1ccc(F)cc1S(=O)(=O)N1CCC[C@H](C(=O)N[C@@H](C)c2ccc(Cl)cc2)C1. The molecule has 1 amide bonds. The van der Waals surface area contributed by atoms with E-state index in [-0.39, 0.29) is 35.7 Å². The number of amides is 1. The minimum absolute atomic E-state index is 0.0289. The number of nitrogens with zero attached hydrogens (tertiary/aromatic N) is 1. The lowest BCUT2D eigenvalue weighted by Gasteiger charge is -2.32. The summed E-state index contributed by atoms with van der Waals surface area (Å²) in [6.45, 7) is 2.15. The summed E-state index contributed by atoms with van der Waals surface area (Å²) in [4.78, 5) is 12.6. The summed E-state index contributed by atoms with van der Waals surface area (Å²) in [5.74, 6) is -1.32. The zero-order valence-electron chi connectivity index (χ0n) is 16.8. The Morgan fingerprint density at radius 2 is 1.97 bits per heavy atom. The van der Waals surface area contributed by atoms with Crippen molar-refractivity contribution in [3.63, 3.8) is 0 Å². The highest BCUT2D eigenvalue weighted by molar-refractivity contribution is 7.89. The summed E-state index contributed by atoms with van der Waals surface area (Å²) in [6, 6.07) is 10.3. The number of hydrogen-bond donors (Lipinski definition) is 1. The van der Waals surface area contributed by atoms with Gasteiger partial charge in [0, 0.05) is 18.1 Å². The predicted molar refractivity (Wildman–Crippen MR) is 112 cm³/mol. The predicted octanol–water partition coefficient (Wildman–Crippen LogP) is 3.77. The second-order valence-corrected chi connectivity index (χ2v) is 9.62. The maximum atomic E-state index is 13.7. The average molecular weight is 455 g/mol. The van der Waals surface area contributed by atoms with Gasteiger partial charge in [0.1, 0.15) is 16.5 Å². The van der Waals surface area contributed by atoms with Crippen LogP contribution in [0.1, 0.15) is 31.4 Å². The molecule has 0 bridgehead atoms. The van der Waals surface area contributed by atoms with Gasteiger partial charge in [-0.25, -0.2) is 12.8 Å². The van der Waals surface area contributed by atoms with Crippen molar-refractivity contribution in [2.45, 2.75) is 30.7 Å². The third-order valence-corrected chi connectivity index (χ3v) is 7.37.